The van der Waals surface area contributed by atoms with Crippen molar-refractivity contribution in [2.24, 2.45) is 7.05 Å². The molecule has 3 aromatic rings. The molecule has 0 bridgehead atoms. The van der Waals surface area contributed by atoms with Gasteiger partial charge in [0.05, 0.1) is 18.2 Å². The molecule has 0 atom stereocenters. The number of methoxy groups -OCH3 is 1. The Balaban J connectivity index is 2.52. The minimum Gasteiger partial charge on any atom is -0.496 e. The SMILES string of the molecule is COc1ccc(C)c(-n2c(N)c(C#N)c3c(C(F)(F)F)n(C)nc32)c1C. The smallest absolute Gasteiger partial charge is 0.433 e. The monoisotopic (exact) mass is 363 g/mol. The van der Waals surface area contributed by atoms with Gasteiger partial charge in [-0.3, -0.25) is 9.25 Å². The summed E-state index contributed by atoms with van der Waals surface area (Å²) in [6.45, 7) is 3.57. The number of nitrogen functional groups attached to an aromatic ring is 1. The van der Waals surface area contributed by atoms with Gasteiger partial charge < -0.3 is 10.5 Å². The van der Waals surface area contributed by atoms with Crippen LogP contribution in [0.2, 0.25) is 0 Å². The zero-order chi connectivity index (χ0) is 19.4. The molecular formula is C17H16F3N5O. The molecule has 6 nitrogen and oxygen atoms in total. The molecule has 0 fully saturated rings. The predicted molar refractivity (Wildman–Crippen MR) is 90.2 cm³/mol. The number of benzene rings is 1. The van der Waals surface area contributed by atoms with Crippen LogP contribution in [0.25, 0.3) is 16.7 Å². The Morgan fingerprint density at radius 3 is 2.46 bits per heavy atom. The topological polar surface area (TPSA) is 81.8 Å². The number of nitriles is 1. The lowest BCUT2D eigenvalue weighted by molar-refractivity contribution is -0.142. The van der Waals surface area contributed by atoms with Crippen molar-refractivity contribution in [2.45, 2.75) is 20.0 Å². The maximum atomic E-state index is 13.5. The zero-order valence-corrected chi connectivity index (χ0v) is 14.6. The van der Waals surface area contributed by atoms with E-state index in [2.05, 4.69) is 5.10 Å². The van der Waals surface area contributed by atoms with Gasteiger partial charge in [-0.15, -0.1) is 0 Å². The van der Waals surface area contributed by atoms with Crippen molar-refractivity contribution in [3.8, 4) is 17.5 Å². The number of aryl methyl sites for hydroxylation is 2. The highest BCUT2D eigenvalue weighted by atomic mass is 19.4. The number of nitrogens with two attached hydrogens (primary N) is 1. The quantitative estimate of drug-likeness (QED) is 0.756. The Hall–Kier alpha value is -3.15. The maximum Gasteiger partial charge on any atom is 0.433 e. The molecule has 0 aliphatic heterocycles. The van der Waals surface area contributed by atoms with E-state index in [1.54, 1.807) is 32.0 Å². The average molecular weight is 363 g/mol. The summed E-state index contributed by atoms with van der Waals surface area (Å²) in [6, 6.07) is 5.32. The van der Waals surface area contributed by atoms with Gasteiger partial charge in [-0.1, -0.05) is 6.07 Å². The third-order valence-electron chi connectivity index (χ3n) is 4.39. The summed E-state index contributed by atoms with van der Waals surface area (Å²) in [6.07, 6.45) is -4.67. The molecule has 9 heteroatoms. The first-order valence-electron chi connectivity index (χ1n) is 7.62. The summed E-state index contributed by atoms with van der Waals surface area (Å²) >= 11 is 0. The number of hydrogen-bond acceptors (Lipinski definition) is 4. The fourth-order valence-corrected chi connectivity index (χ4v) is 3.30. The van der Waals surface area contributed by atoms with E-state index >= 15 is 0 Å². The minimum absolute atomic E-state index is 0.0201. The van der Waals surface area contributed by atoms with Crippen molar-refractivity contribution in [2.75, 3.05) is 12.8 Å². The molecule has 0 radical (unpaired) electrons. The molecule has 2 heterocycles. The number of aromatic nitrogens is 3. The molecule has 26 heavy (non-hydrogen) atoms. The molecule has 2 N–H and O–H groups in total. The van der Waals surface area contributed by atoms with Gasteiger partial charge in [0.2, 0.25) is 0 Å². The first-order valence-corrected chi connectivity index (χ1v) is 7.62. The van der Waals surface area contributed by atoms with Gasteiger partial charge in [0.1, 0.15) is 23.2 Å². The Bertz CT molecular complexity index is 1070. The Labute approximate surface area is 147 Å². The molecule has 0 aliphatic rings. The van der Waals surface area contributed by atoms with Crippen molar-refractivity contribution in [1.82, 2.24) is 14.3 Å². The first kappa shape index (κ1) is 17.7. The van der Waals surface area contributed by atoms with E-state index in [-0.39, 0.29) is 22.4 Å². The van der Waals surface area contributed by atoms with Crippen LogP contribution in [0.4, 0.5) is 19.0 Å². The van der Waals surface area contributed by atoms with E-state index in [0.717, 1.165) is 10.2 Å². The molecule has 0 aliphatic carbocycles. The lowest BCUT2D eigenvalue weighted by atomic mass is 10.1. The zero-order valence-electron chi connectivity index (χ0n) is 14.6. The summed E-state index contributed by atoms with van der Waals surface area (Å²) in [7, 11) is 2.69. The second-order valence-electron chi connectivity index (χ2n) is 5.93. The van der Waals surface area contributed by atoms with Gasteiger partial charge in [0.25, 0.3) is 0 Å². The van der Waals surface area contributed by atoms with Crippen LogP contribution in [0.15, 0.2) is 12.1 Å². The second kappa shape index (κ2) is 5.69. The highest BCUT2D eigenvalue weighted by Crippen LogP contribution is 2.41. The molecule has 1 aromatic carbocycles. The highest BCUT2D eigenvalue weighted by molar-refractivity contribution is 5.94. The molecule has 0 saturated heterocycles. The van der Waals surface area contributed by atoms with Crippen LogP contribution < -0.4 is 10.5 Å². The largest absolute Gasteiger partial charge is 0.496 e. The summed E-state index contributed by atoms with van der Waals surface area (Å²) in [4.78, 5) is 0. The van der Waals surface area contributed by atoms with Gasteiger partial charge in [0.15, 0.2) is 11.3 Å². The number of rotatable bonds is 2. The highest BCUT2D eigenvalue weighted by Gasteiger charge is 2.40. The Kier molecular flexibility index (Phi) is 3.87. The molecule has 0 unspecified atom stereocenters. The number of halogens is 3. The van der Waals surface area contributed by atoms with Crippen LogP contribution >= 0.6 is 0 Å². The molecule has 0 amide bonds. The van der Waals surface area contributed by atoms with Crippen LogP contribution in [0.1, 0.15) is 22.4 Å². The molecule has 2 aromatic heterocycles. The molecule has 0 spiro atoms. The van der Waals surface area contributed by atoms with Crippen LogP contribution in [0.3, 0.4) is 0 Å². The van der Waals surface area contributed by atoms with E-state index in [1.807, 2.05) is 0 Å². The Morgan fingerprint density at radius 1 is 1.27 bits per heavy atom. The second-order valence-corrected chi connectivity index (χ2v) is 5.93. The van der Waals surface area contributed by atoms with Crippen molar-refractivity contribution < 1.29 is 17.9 Å². The summed E-state index contributed by atoms with van der Waals surface area (Å²) < 4.78 is 47.9. The first-order chi connectivity index (χ1) is 12.1. The Morgan fingerprint density at radius 2 is 1.92 bits per heavy atom. The van der Waals surface area contributed by atoms with Gasteiger partial charge in [-0.05, 0) is 25.5 Å². The summed E-state index contributed by atoms with van der Waals surface area (Å²) in [5.41, 5.74) is 6.78. The lowest BCUT2D eigenvalue weighted by Gasteiger charge is -2.16. The van der Waals surface area contributed by atoms with Gasteiger partial charge in [0, 0.05) is 12.6 Å². The van der Waals surface area contributed by atoms with E-state index in [0.29, 0.717) is 17.0 Å². The van der Waals surface area contributed by atoms with Crippen molar-refractivity contribution in [3.63, 3.8) is 0 Å². The molecule has 136 valence electrons. The standard InChI is InChI=1S/C17H16F3N5O/c1-8-5-6-11(26-4)9(2)13(8)25-15(22)10(7-21)12-14(17(18,19)20)24(3)23-16(12)25/h5-6H,22H2,1-4H3. The maximum absolute atomic E-state index is 13.5. The normalized spacial score (nSPS) is 11.8. The van der Waals surface area contributed by atoms with Crippen molar-refractivity contribution in [3.05, 3.63) is 34.5 Å². The fourth-order valence-electron chi connectivity index (χ4n) is 3.30. The number of alkyl halides is 3. The number of fused-ring (bicyclic) bond motifs is 1. The number of hydrogen-bond donors (Lipinski definition) is 1. The number of ether oxygens (including phenoxy) is 1. The molecule has 3 rings (SSSR count). The van der Waals surface area contributed by atoms with Crippen LogP contribution in [0.5, 0.6) is 5.75 Å². The van der Waals surface area contributed by atoms with Crippen LogP contribution in [0, 0.1) is 25.2 Å². The lowest BCUT2D eigenvalue weighted by Crippen LogP contribution is -2.13. The van der Waals surface area contributed by atoms with Crippen LogP contribution in [-0.2, 0) is 13.2 Å². The third kappa shape index (κ3) is 2.29. The van der Waals surface area contributed by atoms with Crippen molar-refractivity contribution in [1.29, 1.82) is 5.26 Å². The fraction of sp³-hybridized carbons (Fsp3) is 0.294. The van der Waals surface area contributed by atoms with E-state index < -0.39 is 11.9 Å². The van der Waals surface area contributed by atoms with E-state index in [4.69, 9.17) is 10.5 Å². The third-order valence-corrected chi connectivity index (χ3v) is 4.39. The average Bonchev–Trinajstić information content (AvgIpc) is 3.00. The number of anilines is 1. The van der Waals surface area contributed by atoms with E-state index in [1.165, 1.54) is 18.7 Å². The molecular weight excluding hydrogens is 347 g/mol. The molecule has 0 saturated carbocycles. The van der Waals surface area contributed by atoms with Gasteiger partial charge >= 0.3 is 6.18 Å². The van der Waals surface area contributed by atoms with Crippen LogP contribution in [-0.4, -0.2) is 21.5 Å². The van der Waals surface area contributed by atoms with Gasteiger partial charge in [-0.25, -0.2) is 0 Å². The van der Waals surface area contributed by atoms with Gasteiger partial charge in [-0.2, -0.15) is 23.5 Å². The number of nitrogens with zero attached hydrogens (tertiary/aromatic N) is 4. The van der Waals surface area contributed by atoms with E-state index in [9.17, 15) is 18.4 Å². The minimum atomic E-state index is -4.67. The summed E-state index contributed by atoms with van der Waals surface area (Å²) in [5.74, 6) is 0.466. The van der Waals surface area contributed by atoms with Crippen molar-refractivity contribution >= 4 is 16.9 Å². The predicted octanol–water partition coefficient (Wildman–Crippen LogP) is 3.46. The summed E-state index contributed by atoms with van der Waals surface area (Å²) in [5, 5.41) is 13.1.